The van der Waals surface area contributed by atoms with E-state index in [1.54, 1.807) is 0 Å². The molecule has 0 bridgehead atoms. The molecule has 82 valence electrons. The average Bonchev–Trinajstić information content (AvgIpc) is 2.13. The molecule has 1 rings (SSSR count). The van der Waals surface area contributed by atoms with Gasteiger partial charge in [0, 0.05) is 18.9 Å². The number of piperidine rings is 1. The molecule has 0 radical (unpaired) electrons. The fourth-order valence-electron chi connectivity index (χ4n) is 1.77. The van der Waals surface area contributed by atoms with Gasteiger partial charge in [0.15, 0.2) is 0 Å². The molecule has 1 saturated heterocycles. The van der Waals surface area contributed by atoms with Crippen LogP contribution in [0.3, 0.4) is 0 Å². The first kappa shape index (κ1) is 11.6. The summed E-state index contributed by atoms with van der Waals surface area (Å²) in [7, 11) is 0. The van der Waals surface area contributed by atoms with E-state index in [-0.39, 0.29) is 18.1 Å². The van der Waals surface area contributed by atoms with Gasteiger partial charge in [0.25, 0.3) is 0 Å². The van der Waals surface area contributed by atoms with E-state index in [0.29, 0.717) is 6.54 Å². The number of nitrogens with one attached hydrogen (secondary N) is 1. The van der Waals surface area contributed by atoms with Gasteiger partial charge in [0.2, 0.25) is 0 Å². The van der Waals surface area contributed by atoms with E-state index in [9.17, 15) is 19.4 Å². The molecule has 0 aromatic carbocycles. The summed E-state index contributed by atoms with van der Waals surface area (Å²) in [5, 5.41) is 21.8. The Morgan fingerprint density at radius 3 is 2.64 bits per heavy atom. The van der Waals surface area contributed by atoms with Crippen LogP contribution in [0, 0.1) is 5.92 Å². The first-order valence-corrected chi connectivity index (χ1v) is 4.71. The van der Waals surface area contributed by atoms with Gasteiger partial charge in [0.1, 0.15) is 12.5 Å². The van der Waals surface area contributed by atoms with Crippen molar-refractivity contribution in [2.75, 3.05) is 13.2 Å². The molecule has 0 saturated carbocycles. The summed E-state index contributed by atoms with van der Waals surface area (Å²) < 4.78 is 12.3. The van der Waals surface area contributed by atoms with Crippen LogP contribution in [-0.4, -0.2) is 47.5 Å². The molecule has 0 unspecified atom stereocenters. The number of Topliss-reactive ketones (excluding diaryl/α,β-unsaturated/α-hetero) is 1. The number of carbonyl (C=O) groups excluding carboxylic acids is 1. The highest BCUT2D eigenvalue weighted by molar-refractivity contribution is 5.75. The monoisotopic (exact) mass is 205 g/mol. The Balaban J connectivity index is 2.54. The van der Waals surface area contributed by atoms with Gasteiger partial charge in [-0.1, -0.05) is 0 Å². The Kier molecular flexibility index (Phi) is 3.97. The zero-order valence-electron chi connectivity index (χ0n) is 8.11. The minimum atomic E-state index is -1.13. The molecule has 0 aromatic heterocycles. The van der Waals surface area contributed by atoms with Crippen LogP contribution in [0.2, 0.25) is 0 Å². The number of aliphatic hydroxyl groups is 2. The van der Waals surface area contributed by atoms with Gasteiger partial charge in [-0.3, -0.25) is 0 Å². The van der Waals surface area contributed by atoms with Crippen LogP contribution in [0.25, 0.3) is 0 Å². The molecule has 14 heavy (non-hydrogen) atoms. The standard InChI is InChI=1S/C9H16FNO3/c1-5(12)2-6-4-11-7(3-10)9(14)8(6)13/h6-9,11,13-14H,2-4H2,1H3/t6-,7+,8+,9+/m0/s1. The van der Waals surface area contributed by atoms with Gasteiger partial charge in [0.05, 0.1) is 18.2 Å². The van der Waals surface area contributed by atoms with E-state index in [4.69, 9.17) is 0 Å². The zero-order valence-corrected chi connectivity index (χ0v) is 8.11. The number of halogens is 1. The van der Waals surface area contributed by atoms with E-state index in [1.807, 2.05) is 0 Å². The molecule has 0 amide bonds. The highest BCUT2D eigenvalue weighted by Crippen LogP contribution is 2.19. The van der Waals surface area contributed by atoms with Gasteiger partial charge in [-0.2, -0.15) is 0 Å². The lowest BCUT2D eigenvalue weighted by Crippen LogP contribution is -2.58. The van der Waals surface area contributed by atoms with Crippen LogP contribution in [-0.2, 0) is 4.79 Å². The highest BCUT2D eigenvalue weighted by atomic mass is 19.1. The molecule has 4 nitrogen and oxygen atoms in total. The predicted molar refractivity (Wildman–Crippen MR) is 48.6 cm³/mol. The Labute approximate surface area is 82.1 Å². The molecule has 4 atom stereocenters. The Morgan fingerprint density at radius 1 is 1.50 bits per heavy atom. The summed E-state index contributed by atoms with van der Waals surface area (Å²) >= 11 is 0. The molecule has 1 fully saturated rings. The number of carbonyl (C=O) groups is 1. The van der Waals surface area contributed by atoms with E-state index < -0.39 is 24.9 Å². The summed E-state index contributed by atoms with van der Waals surface area (Å²) in [5.74, 6) is -0.355. The number of rotatable bonds is 3. The maximum Gasteiger partial charge on any atom is 0.130 e. The van der Waals surface area contributed by atoms with Crippen molar-refractivity contribution in [2.24, 2.45) is 5.92 Å². The van der Waals surface area contributed by atoms with E-state index in [0.717, 1.165) is 0 Å². The van der Waals surface area contributed by atoms with Crippen molar-refractivity contribution in [1.29, 1.82) is 0 Å². The lowest BCUT2D eigenvalue weighted by Gasteiger charge is -2.37. The van der Waals surface area contributed by atoms with Crippen molar-refractivity contribution in [1.82, 2.24) is 5.32 Å². The maximum atomic E-state index is 12.3. The minimum absolute atomic E-state index is 0.0400. The summed E-state index contributed by atoms with van der Waals surface area (Å²) in [6.45, 7) is 1.08. The van der Waals surface area contributed by atoms with Crippen LogP contribution >= 0.6 is 0 Å². The van der Waals surface area contributed by atoms with Crippen molar-refractivity contribution in [3.8, 4) is 0 Å². The largest absolute Gasteiger partial charge is 0.390 e. The molecule has 0 aliphatic carbocycles. The second-order valence-electron chi connectivity index (χ2n) is 3.82. The molecule has 5 heteroatoms. The number of hydrogen-bond acceptors (Lipinski definition) is 4. The normalized spacial score (nSPS) is 38.3. The van der Waals surface area contributed by atoms with E-state index in [2.05, 4.69) is 5.32 Å². The summed E-state index contributed by atoms with van der Waals surface area (Å²) in [6.07, 6.45) is -1.93. The topological polar surface area (TPSA) is 69.6 Å². The summed E-state index contributed by atoms with van der Waals surface area (Å²) in [4.78, 5) is 10.8. The molecule has 1 aliphatic rings. The Bertz CT molecular complexity index is 212. The maximum absolute atomic E-state index is 12.3. The van der Waals surface area contributed by atoms with E-state index in [1.165, 1.54) is 6.92 Å². The van der Waals surface area contributed by atoms with Crippen molar-refractivity contribution >= 4 is 5.78 Å². The molecule has 1 aliphatic heterocycles. The molecule has 0 aromatic rings. The number of alkyl halides is 1. The predicted octanol–water partition coefficient (Wildman–Crippen LogP) is -0.755. The number of ketones is 1. The van der Waals surface area contributed by atoms with Gasteiger partial charge < -0.3 is 20.3 Å². The van der Waals surface area contributed by atoms with Crippen molar-refractivity contribution in [3.63, 3.8) is 0 Å². The average molecular weight is 205 g/mol. The smallest absolute Gasteiger partial charge is 0.130 e. The van der Waals surface area contributed by atoms with Crippen molar-refractivity contribution in [3.05, 3.63) is 0 Å². The first-order chi connectivity index (χ1) is 6.56. The quantitative estimate of drug-likeness (QED) is 0.566. The Morgan fingerprint density at radius 2 is 2.14 bits per heavy atom. The van der Waals surface area contributed by atoms with Crippen LogP contribution in [0.5, 0.6) is 0 Å². The molecular formula is C9H16FNO3. The molecular weight excluding hydrogens is 189 g/mol. The fourth-order valence-corrected chi connectivity index (χ4v) is 1.77. The molecule has 3 N–H and O–H groups in total. The van der Waals surface area contributed by atoms with Gasteiger partial charge in [-0.05, 0) is 6.92 Å². The third kappa shape index (κ3) is 2.50. The number of hydrogen-bond donors (Lipinski definition) is 3. The Hall–Kier alpha value is -0.520. The first-order valence-electron chi connectivity index (χ1n) is 4.71. The minimum Gasteiger partial charge on any atom is -0.390 e. The third-order valence-corrected chi connectivity index (χ3v) is 2.60. The SMILES string of the molecule is CC(=O)C[C@H]1CN[C@H](CF)[C@@H](O)[C@@H]1O. The van der Waals surface area contributed by atoms with E-state index >= 15 is 0 Å². The lowest BCUT2D eigenvalue weighted by atomic mass is 9.86. The lowest BCUT2D eigenvalue weighted by molar-refractivity contribution is -0.121. The molecule has 1 heterocycles. The second kappa shape index (κ2) is 4.82. The van der Waals surface area contributed by atoms with Gasteiger partial charge in [-0.15, -0.1) is 0 Å². The van der Waals surface area contributed by atoms with Crippen molar-refractivity contribution < 1.29 is 19.4 Å². The van der Waals surface area contributed by atoms with Crippen LogP contribution in [0.1, 0.15) is 13.3 Å². The fraction of sp³-hybridized carbons (Fsp3) is 0.889. The highest BCUT2D eigenvalue weighted by Gasteiger charge is 2.37. The van der Waals surface area contributed by atoms with Crippen molar-refractivity contribution in [2.45, 2.75) is 31.6 Å². The second-order valence-corrected chi connectivity index (χ2v) is 3.82. The third-order valence-electron chi connectivity index (χ3n) is 2.60. The zero-order chi connectivity index (χ0) is 10.7. The summed E-state index contributed by atoms with van der Waals surface area (Å²) in [6, 6.07) is -0.715. The summed E-state index contributed by atoms with van der Waals surface area (Å²) in [5.41, 5.74) is 0. The van der Waals surface area contributed by atoms with Gasteiger partial charge in [-0.25, -0.2) is 4.39 Å². The van der Waals surface area contributed by atoms with Gasteiger partial charge >= 0.3 is 0 Å². The number of aliphatic hydroxyl groups excluding tert-OH is 2. The van der Waals surface area contributed by atoms with Crippen LogP contribution in [0.4, 0.5) is 4.39 Å². The van der Waals surface area contributed by atoms with Crippen LogP contribution in [0.15, 0.2) is 0 Å². The van der Waals surface area contributed by atoms with Crippen LogP contribution < -0.4 is 5.32 Å². The molecule has 0 spiro atoms.